The number of aryl methyl sites for hydroxylation is 1. The lowest BCUT2D eigenvalue weighted by Gasteiger charge is -2.13. The molecule has 0 bridgehead atoms. The molecule has 104 valence electrons. The van der Waals surface area contributed by atoms with Crippen LogP contribution in [0, 0.1) is 11.3 Å². The van der Waals surface area contributed by atoms with Gasteiger partial charge in [0, 0.05) is 13.1 Å². The van der Waals surface area contributed by atoms with Gasteiger partial charge in [0.25, 0.3) is 0 Å². The highest BCUT2D eigenvalue weighted by Gasteiger charge is 2.06. The van der Waals surface area contributed by atoms with Crippen molar-refractivity contribution >= 4 is 0 Å². The first-order chi connectivity index (χ1) is 9.69. The van der Waals surface area contributed by atoms with Gasteiger partial charge in [-0.1, -0.05) is 12.1 Å². The van der Waals surface area contributed by atoms with Crippen LogP contribution in [0.5, 0.6) is 5.75 Å². The second-order valence-electron chi connectivity index (χ2n) is 4.45. The van der Waals surface area contributed by atoms with Gasteiger partial charge in [-0.25, -0.2) is 4.98 Å². The van der Waals surface area contributed by atoms with Crippen molar-refractivity contribution in [2.75, 3.05) is 6.61 Å². The molecule has 0 spiro atoms. The van der Waals surface area contributed by atoms with Gasteiger partial charge in [0.1, 0.15) is 18.1 Å². The van der Waals surface area contributed by atoms with Crippen LogP contribution in [0.25, 0.3) is 0 Å². The SMILES string of the molecule is CC(NCc1ncn(C)n1)c1ccc(OCC#N)cc1. The van der Waals surface area contributed by atoms with Crippen LogP contribution >= 0.6 is 0 Å². The first kappa shape index (κ1) is 14.0. The van der Waals surface area contributed by atoms with Crippen LogP contribution in [0.1, 0.15) is 24.4 Å². The van der Waals surface area contributed by atoms with Crippen molar-refractivity contribution in [1.29, 1.82) is 5.26 Å². The number of nitrogens with zero attached hydrogens (tertiary/aromatic N) is 4. The fourth-order valence-corrected chi connectivity index (χ4v) is 1.80. The average Bonchev–Trinajstić information content (AvgIpc) is 2.89. The summed E-state index contributed by atoms with van der Waals surface area (Å²) in [5, 5.41) is 16.0. The Bertz CT molecular complexity index is 584. The van der Waals surface area contributed by atoms with Gasteiger partial charge in [-0.2, -0.15) is 10.4 Å². The van der Waals surface area contributed by atoms with Crippen LogP contribution in [0.2, 0.25) is 0 Å². The summed E-state index contributed by atoms with van der Waals surface area (Å²) >= 11 is 0. The Morgan fingerprint density at radius 2 is 2.15 bits per heavy atom. The maximum absolute atomic E-state index is 8.45. The molecular weight excluding hydrogens is 254 g/mol. The van der Waals surface area contributed by atoms with E-state index in [-0.39, 0.29) is 12.6 Å². The zero-order valence-corrected chi connectivity index (χ0v) is 11.6. The number of hydrogen-bond donors (Lipinski definition) is 1. The third-order valence-corrected chi connectivity index (χ3v) is 2.90. The minimum atomic E-state index is 0.0680. The van der Waals surface area contributed by atoms with E-state index in [0.717, 1.165) is 11.4 Å². The van der Waals surface area contributed by atoms with E-state index in [1.165, 1.54) is 0 Å². The molecule has 20 heavy (non-hydrogen) atoms. The van der Waals surface area contributed by atoms with Crippen LogP contribution in [0.15, 0.2) is 30.6 Å². The Morgan fingerprint density at radius 1 is 1.40 bits per heavy atom. The molecule has 1 aromatic carbocycles. The summed E-state index contributed by atoms with van der Waals surface area (Å²) < 4.78 is 6.90. The van der Waals surface area contributed by atoms with Crippen molar-refractivity contribution in [3.05, 3.63) is 42.0 Å². The molecular formula is C14H17N5O. The summed E-state index contributed by atoms with van der Waals surface area (Å²) in [7, 11) is 1.85. The summed E-state index contributed by atoms with van der Waals surface area (Å²) in [6.45, 7) is 2.77. The largest absolute Gasteiger partial charge is 0.479 e. The monoisotopic (exact) mass is 271 g/mol. The smallest absolute Gasteiger partial charge is 0.174 e. The molecule has 0 radical (unpaired) electrons. The van der Waals surface area contributed by atoms with E-state index < -0.39 is 0 Å². The molecule has 0 saturated heterocycles. The van der Waals surface area contributed by atoms with Crippen molar-refractivity contribution in [2.24, 2.45) is 7.05 Å². The summed E-state index contributed by atoms with van der Waals surface area (Å²) in [4.78, 5) is 4.17. The highest BCUT2D eigenvalue weighted by molar-refractivity contribution is 5.29. The molecule has 6 heteroatoms. The van der Waals surface area contributed by atoms with Gasteiger partial charge in [-0.05, 0) is 24.6 Å². The predicted molar refractivity (Wildman–Crippen MR) is 73.8 cm³/mol. The van der Waals surface area contributed by atoms with Gasteiger partial charge in [-0.3, -0.25) is 4.68 Å². The number of aromatic nitrogens is 3. The maximum Gasteiger partial charge on any atom is 0.174 e. The number of nitrogens with one attached hydrogen (secondary N) is 1. The fraction of sp³-hybridized carbons (Fsp3) is 0.357. The van der Waals surface area contributed by atoms with Gasteiger partial charge < -0.3 is 10.1 Å². The second-order valence-corrected chi connectivity index (χ2v) is 4.45. The number of ether oxygens (including phenoxy) is 1. The van der Waals surface area contributed by atoms with Crippen LogP contribution < -0.4 is 10.1 Å². The Morgan fingerprint density at radius 3 is 2.75 bits per heavy atom. The van der Waals surface area contributed by atoms with Crippen molar-refractivity contribution in [2.45, 2.75) is 19.5 Å². The molecule has 0 aliphatic heterocycles. The first-order valence-corrected chi connectivity index (χ1v) is 6.36. The van der Waals surface area contributed by atoms with Gasteiger partial charge in [-0.15, -0.1) is 0 Å². The molecule has 1 atom stereocenters. The Labute approximate surface area is 118 Å². The molecule has 6 nitrogen and oxygen atoms in total. The lowest BCUT2D eigenvalue weighted by atomic mass is 10.1. The number of nitriles is 1. The molecule has 1 heterocycles. The predicted octanol–water partition coefficient (Wildman–Crippen LogP) is 1.57. The van der Waals surface area contributed by atoms with E-state index in [0.29, 0.717) is 12.3 Å². The highest BCUT2D eigenvalue weighted by Crippen LogP contribution is 2.17. The summed E-state index contributed by atoms with van der Waals surface area (Å²) in [6, 6.07) is 9.82. The molecule has 2 rings (SSSR count). The minimum Gasteiger partial charge on any atom is -0.479 e. The van der Waals surface area contributed by atoms with Crippen molar-refractivity contribution in [3.8, 4) is 11.8 Å². The van der Waals surface area contributed by atoms with Gasteiger partial charge in [0.2, 0.25) is 0 Å². The molecule has 0 fully saturated rings. The van der Waals surface area contributed by atoms with Gasteiger partial charge >= 0.3 is 0 Å². The number of rotatable bonds is 6. The summed E-state index contributed by atoms with van der Waals surface area (Å²) in [5.74, 6) is 1.47. The Hall–Kier alpha value is -2.39. The minimum absolute atomic E-state index is 0.0680. The summed E-state index contributed by atoms with van der Waals surface area (Å²) in [6.07, 6.45) is 1.68. The van der Waals surface area contributed by atoms with Gasteiger partial charge in [0.05, 0.1) is 6.54 Å². The first-order valence-electron chi connectivity index (χ1n) is 6.36. The Kier molecular flexibility index (Phi) is 4.69. The molecule has 0 aliphatic carbocycles. The maximum atomic E-state index is 8.45. The van der Waals surface area contributed by atoms with Gasteiger partial charge in [0.15, 0.2) is 12.4 Å². The molecule has 1 aromatic heterocycles. The highest BCUT2D eigenvalue weighted by atomic mass is 16.5. The van der Waals surface area contributed by atoms with Crippen LogP contribution in [-0.4, -0.2) is 21.4 Å². The molecule has 1 N–H and O–H groups in total. The van der Waals surface area contributed by atoms with E-state index in [1.807, 2.05) is 37.4 Å². The third kappa shape index (κ3) is 3.80. The fourth-order valence-electron chi connectivity index (χ4n) is 1.80. The van der Waals surface area contributed by atoms with E-state index in [9.17, 15) is 0 Å². The third-order valence-electron chi connectivity index (χ3n) is 2.90. The normalized spacial score (nSPS) is 11.8. The summed E-state index contributed by atoms with van der Waals surface area (Å²) in [5.41, 5.74) is 1.14. The van der Waals surface area contributed by atoms with Crippen molar-refractivity contribution < 1.29 is 4.74 Å². The van der Waals surface area contributed by atoms with E-state index >= 15 is 0 Å². The van der Waals surface area contributed by atoms with E-state index in [2.05, 4.69) is 22.3 Å². The molecule has 1 unspecified atom stereocenters. The quantitative estimate of drug-likeness (QED) is 0.863. The topological polar surface area (TPSA) is 75.8 Å². The molecule has 2 aromatic rings. The second kappa shape index (κ2) is 6.68. The van der Waals surface area contributed by atoms with Crippen molar-refractivity contribution in [3.63, 3.8) is 0 Å². The zero-order chi connectivity index (χ0) is 14.4. The average molecular weight is 271 g/mol. The van der Waals surface area contributed by atoms with E-state index in [1.54, 1.807) is 11.0 Å². The molecule has 0 aliphatic rings. The lowest BCUT2D eigenvalue weighted by Crippen LogP contribution is -2.19. The van der Waals surface area contributed by atoms with Crippen LogP contribution in [0.4, 0.5) is 0 Å². The molecule has 0 saturated carbocycles. The number of hydrogen-bond acceptors (Lipinski definition) is 5. The standard InChI is InChI=1S/C14H17N5O/c1-11(16-9-14-17-10-19(2)18-14)12-3-5-13(6-4-12)20-8-7-15/h3-6,10-11,16H,8-9H2,1-2H3. The number of benzene rings is 1. The Balaban J connectivity index is 1.88. The van der Waals surface area contributed by atoms with Crippen LogP contribution in [-0.2, 0) is 13.6 Å². The zero-order valence-electron chi connectivity index (χ0n) is 11.6. The lowest BCUT2D eigenvalue weighted by molar-refractivity contribution is 0.368. The van der Waals surface area contributed by atoms with Crippen molar-refractivity contribution in [1.82, 2.24) is 20.1 Å². The van der Waals surface area contributed by atoms with Crippen LogP contribution in [0.3, 0.4) is 0 Å². The van der Waals surface area contributed by atoms with E-state index in [4.69, 9.17) is 10.00 Å². The molecule has 0 amide bonds.